The number of amides is 3. The summed E-state index contributed by atoms with van der Waals surface area (Å²) < 4.78 is 0. The van der Waals surface area contributed by atoms with Gasteiger partial charge in [-0.05, 0) is 12.3 Å². The van der Waals surface area contributed by atoms with Crippen LogP contribution in [0.1, 0.15) is 6.42 Å². The maximum atomic E-state index is 11.7. The number of rotatable bonds is 0. The molecule has 2 fully saturated rings. The number of alkyl halides is 1. The molecule has 1 saturated heterocycles. The van der Waals surface area contributed by atoms with Crippen molar-refractivity contribution < 1.29 is 9.59 Å². The number of allylic oxidation sites excluding steroid dienone is 1. The van der Waals surface area contributed by atoms with Crippen molar-refractivity contribution in [3.63, 3.8) is 0 Å². The fourth-order valence-electron chi connectivity index (χ4n) is 2.76. The number of carbonyl (C=O) groups is 2. The van der Waals surface area contributed by atoms with Crippen LogP contribution in [-0.4, -0.2) is 22.9 Å². The van der Waals surface area contributed by atoms with Gasteiger partial charge in [0.05, 0.1) is 5.38 Å². The molecule has 3 aliphatic rings. The minimum Gasteiger partial charge on any atom is -0.321 e. The molecule has 0 aromatic heterocycles. The minimum absolute atomic E-state index is 0.0569. The average molecular weight is 213 g/mol. The molecule has 1 saturated carbocycles. The van der Waals surface area contributed by atoms with E-state index in [0.29, 0.717) is 0 Å². The predicted molar refractivity (Wildman–Crippen MR) is 49.8 cm³/mol. The number of hydrogen-bond donors (Lipinski definition) is 2. The van der Waals surface area contributed by atoms with E-state index in [0.717, 1.165) is 6.42 Å². The molecular formula is C9H9ClN2O2. The lowest BCUT2D eigenvalue weighted by Gasteiger charge is -2.31. The number of carbonyl (C=O) groups excluding carboxylic acids is 2. The van der Waals surface area contributed by atoms with Gasteiger partial charge in [-0.3, -0.25) is 10.1 Å². The molecule has 74 valence electrons. The highest BCUT2D eigenvalue weighted by atomic mass is 35.5. The summed E-state index contributed by atoms with van der Waals surface area (Å²) in [5.41, 5.74) is -0.877. The topological polar surface area (TPSA) is 58.2 Å². The van der Waals surface area contributed by atoms with Crippen LogP contribution in [0.25, 0.3) is 0 Å². The van der Waals surface area contributed by atoms with Gasteiger partial charge < -0.3 is 5.32 Å². The smallest absolute Gasteiger partial charge is 0.321 e. The quantitative estimate of drug-likeness (QED) is 0.347. The number of fused-ring (bicyclic) bond motifs is 3. The molecule has 2 aliphatic carbocycles. The van der Waals surface area contributed by atoms with E-state index in [1.165, 1.54) is 0 Å². The SMILES string of the molecule is O=C1NC(=O)[C@@]2(N1)[C@@H]1C=C[C@@H](C1)[C@@H]2Cl. The summed E-state index contributed by atoms with van der Waals surface area (Å²) in [6.45, 7) is 0. The van der Waals surface area contributed by atoms with Gasteiger partial charge in [0.2, 0.25) is 0 Å². The summed E-state index contributed by atoms with van der Waals surface area (Å²) in [5, 5.41) is 4.62. The molecule has 1 heterocycles. The summed E-state index contributed by atoms with van der Waals surface area (Å²) in [5.74, 6) is -0.00776. The van der Waals surface area contributed by atoms with Crippen molar-refractivity contribution in [2.24, 2.45) is 11.8 Å². The van der Waals surface area contributed by atoms with Gasteiger partial charge in [-0.25, -0.2) is 4.79 Å². The van der Waals surface area contributed by atoms with Crippen LogP contribution in [0.5, 0.6) is 0 Å². The highest BCUT2D eigenvalue weighted by Gasteiger charge is 2.63. The first-order chi connectivity index (χ1) is 6.64. The Morgan fingerprint density at radius 3 is 2.71 bits per heavy atom. The molecular weight excluding hydrogens is 204 g/mol. The highest BCUT2D eigenvalue weighted by molar-refractivity contribution is 6.26. The molecule has 2 bridgehead atoms. The Morgan fingerprint density at radius 1 is 1.43 bits per heavy atom. The van der Waals surface area contributed by atoms with Crippen LogP contribution >= 0.6 is 11.6 Å². The lowest BCUT2D eigenvalue weighted by atomic mass is 9.84. The summed E-state index contributed by atoms with van der Waals surface area (Å²) in [6, 6.07) is -0.429. The van der Waals surface area contributed by atoms with E-state index in [1.807, 2.05) is 12.2 Å². The van der Waals surface area contributed by atoms with Crippen LogP contribution in [-0.2, 0) is 4.79 Å². The van der Waals surface area contributed by atoms with Crippen molar-refractivity contribution in [3.05, 3.63) is 12.2 Å². The van der Waals surface area contributed by atoms with Crippen LogP contribution in [0.3, 0.4) is 0 Å². The zero-order valence-electron chi connectivity index (χ0n) is 7.29. The first kappa shape index (κ1) is 8.29. The third kappa shape index (κ3) is 0.718. The fourth-order valence-corrected chi connectivity index (χ4v) is 3.26. The standard InChI is InChI=1S/C9H9ClN2O2/c10-6-4-1-2-5(3-4)9(6)7(13)11-8(14)12-9/h1-2,4-6H,3H2,(H2,11,12,13,14)/t4-,5+,6-,9+/m0/s1. The first-order valence-corrected chi connectivity index (χ1v) is 5.04. The molecule has 1 spiro atoms. The van der Waals surface area contributed by atoms with Crippen LogP contribution in [0.2, 0.25) is 0 Å². The monoisotopic (exact) mass is 212 g/mol. The highest BCUT2D eigenvalue weighted by Crippen LogP contribution is 2.50. The fraction of sp³-hybridized carbons (Fsp3) is 0.556. The second-order valence-corrected chi connectivity index (χ2v) is 4.54. The van der Waals surface area contributed by atoms with Gasteiger partial charge >= 0.3 is 6.03 Å². The Kier molecular flexibility index (Phi) is 1.37. The Hall–Kier alpha value is -1.03. The molecule has 14 heavy (non-hydrogen) atoms. The first-order valence-electron chi connectivity index (χ1n) is 4.60. The van der Waals surface area contributed by atoms with E-state index in [1.54, 1.807) is 0 Å². The van der Waals surface area contributed by atoms with Crippen LogP contribution in [0.4, 0.5) is 4.79 Å². The number of hydrogen-bond acceptors (Lipinski definition) is 2. The van der Waals surface area contributed by atoms with Crippen LogP contribution in [0.15, 0.2) is 12.2 Å². The lowest BCUT2D eigenvalue weighted by Crippen LogP contribution is -2.56. The summed E-state index contributed by atoms with van der Waals surface area (Å²) in [7, 11) is 0. The molecule has 1 aliphatic heterocycles. The molecule has 2 N–H and O–H groups in total. The number of nitrogens with one attached hydrogen (secondary N) is 2. The Bertz CT molecular complexity index is 368. The predicted octanol–water partition coefficient (Wildman–Crippen LogP) is 0.378. The second kappa shape index (κ2) is 2.31. The zero-order chi connectivity index (χ0) is 9.92. The molecule has 4 atom stereocenters. The number of imide groups is 1. The number of halogens is 1. The van der Waals surface area contributed by atoms with Crippen molar-refractivity contribution in [2.75, 3.05) is 0 Å². The van der Waals surface area contributed by atoms with Crippen LogP contribution in [0, 0.1) is 11.8 Å². The Labute approximate surface area is 85.7 Å². The van der Waals surface area contributed by atoms with E-state index < -0.39 is 11.6 Å². The normalized spacial score (nSPS) is 48.8. The average Bonchev–Trinajstić information content (AvgIpc) is 2.74. The van der Waals surface area contributed by atoms with Crippen molar-refractivity contribution in [1.29, 1.82) is 0 Å². The Balaban J connectivity index is 2.09. The van der Waals surface area contributed by atoms with E-state index >= 15 is 0 Å². The third-order valence-electron chi connectivity index (χ3n) is 3.44. The minimum atomic E-state index is -0.877. The van der Waals surface area contributed by atoms with Crippen molar-refractivity contribution in [1.82, 2.24) is 10.6 Å². The largest absolute Gasteiger partial charge is 0.322 e. The summed E-state index contributed by atoms with van der Waals surface area (Å²) in [6.07, 6.45) is 4.88. The van der Waals surface area contributed by atoms with Gasteiger partial charge in [-0.2, -0.15) is 0 Å². The molecule has 0 radical (unpaired) electrons. The van der Waals surface area contributed by atoms with E-state index in [2.05, 4.69) is 10.6 Å². The second-order valence-electron chi connectivity index (χ2n) is 4.07. The van der Waals surface area contributed by atoms with Crippen molar-refractivity contribution >= 4 is 23.5 Å². The van der Waals surface area contributed by atoms with Gasteiger partial charge in [0.15, 0.2) is 0 Å². The third-order valence-corrected chi connectivity index (χ3v) is 4.10. The van der Waals surface area contributed by atoms with Gasteiger partial charge in [0, 0.05) is 5.92 Å². The zero-order valence-corrected chi connectivity index (χ0v) is 8.04. The molecule has 4 nitrogen and oxygen atoms in total. The van der Waals surface area contributed by atoms with E-state index in [-0.39, 0.29) is 23.1 Å². The maximum absolute atomic E-state index is 11.7. The molecule has 0 aromatic rings. The van der Waals surface area contributed by atoms with Gasteiger partial charge in [-0.1, -0.05) is 12.2 Å². The van der Waals surface area contributed by atoms with Gasteiger partial charge in [0.1, 0.15) is 5.54 Å². The molecule has 5 heteroatoms. The summed E-state index contributed by atoms with van der Waals surface area (Å²) in [4.78, 5) is 22.8. The van der Waals surface area contributed by atoms with Crippen LogP contribution < -0.4 is 10.6 Å². The number of urea groups is 1. The lowest BCUT2D eigenvalue weighted by molar-refractivity contribution is -0.124. The maximum Gasteiger partial charge on any atom is 0.322 e. The van der Waals surface area contributed by atoms with Gasteiger partial charge in [0.25, 0.3) is 5.91 Å². The summed E-state index contributed by atoms with van der Waals surface area (Å²) >= 11 is 6.21. The van der Waals surface area contributed by atoms with Gasteiger partial charge in [-0.15, -0.1) is 11.6 Å². The molecule has 3 rings (SSSR count). The van der Waals surface area contributed by atoms with Crippen molar-refractivity contribution in [3.8, 4) is 0 Å². The van der Waals surface area contributed by atoms with Crippen molar-refractivity contribution in [2.45, 2.75) is 17.3 Å². The Morgan fingerprint density at radius 2 is 2.21 bits per heavy atom. The van der Waals surface area contributed by atoms with E-state index in [4.69, 9.17) is 11.6 Å². The molecule has 0 aromatic carbocycles. The molecule has 0 unspecified atom stereocenters. The van der Waals surface area contributed by atoms with E-state index in [9.17, 15) is 9.59 Å². The molecule has 3 amide bonds.